The van der Waals surface area contributed by atoms with Gasteiger partial charge in [-0.2, -0.15) is 0 Å². The molecule has 1 atom stereocenters. The zero-order valence-electron chi connectivity index (χ0n) is 7.09. The van der Waals surface area contributed by atoms with Crippen molar-refractivity contribution in [2.45, 2.75) is 39.7 Å². The summed E-state index contributed by atoms with van der Waals surface area (Å²) in [6.07, 6.45) is 1.26. The maximum absolute atomic E-state index is 9.03. The van der Waals surface area contributed by atoms with Crippen LogP contribution >= 0.6 is 0 Å². The van der Waals surface area contributed by atoms with Gasteiger partial charge in [0, 0.05) is 6.61 Å². The third-order valence-electron chi connectivity index (χ3n) is 1.64. The molecule has 0 saturated carbocycles. The highest BCUT2D eigenvalue weighted by molar-refractivity contribution is 4.70. The number of hydrogen-bond donors (Lipinski definition) is 2. The van der Waals surface area contributed by atoms with Crippen LogP contribution in [0.2, 0.25) is 0 Å². The Morgan fingerprint density at radius 3 is 2.20 bits per heavy atom. The van der Waals surface area contributed by atoms with Gasteiger partial charge in [-0.15, -0.1) is 0 Å². The van der Waals surface area contributed by atoms with Gasteiger partial charge >= 0.3 is 0 Å². The van der Waals surface area contributed by atoms with E-state index in [4.69, 9.17) is 10.2 Å². The average Bonchev–Trinajstić information content (AvgIpc) is 1.59. The zero-order chi connectivity index (χ0) is 8.20. The van der Waals surface area contributed by atoms with Crippen LogP contribution in [0.5, 0.6) is 0 Å². The minimum absolute atomic E-state index is 0.0723. The van der Waals surface area contributed by atoms with Gasteiger partial charge in [0.05, 0.1) is 6.10 Å². The summed E-state index contributed by atoms with van der Waals surface area (Å²) < 4.78 is 0. The number of aliphatic hydroxyl groups excluding tert-OH is 2. The molecule has 0 rings (SSSR count). The summed E-state index contributed by atoms with van der Waals surface area (Å²) in [6.45, 7) is 6.09. The van der Waals surface area contributed by atoms with Crippen molar-refractivity contribution in [2.75, 3.05) is 6.61 Å². The molecule has 0 radical (unpaired) electrons. The molecule has 0 fully saturated rings. The summed E-state index contributed by atoms with van der Waals surface area (Å²) in [7, 11) is 0. The Morgan fingerprint density at radius 2 is 1.90 bits per heavy atom. The van der Waals surface area contributed by atoms with Gasteiger partial charge in [-0.25, -0.2) is 0 Å². The Morgan fingerprint density at radius 1 is 1.40 bits per heavy atom. The van der Waals surface area contributed by atoms with E-state index < -0.39 is 0 Å². The molecular formula is C8H18O2. The molecule has 0 aliphatic carbocycles. The predicted molar refractivity (Wildman–Crippen MR) is 41.8 cm³/mol. The van der Waals surface area contributed by atoms with E-state index >= 15 is 0 Å². The van der Waals surface area contributed by atoms with E-state index in [0.717, 1.165) is 12.8 Å². The van der Waals surface area contributed by atoms with E-state index in [2.05, 4.69) is 13.8 Å². The maximum Gasteiger partial charge on any atom is 0.0517 e. The first kappa shape index (κ1) is 9.92. The Kier molecular flexibility index (Phi) is 3.91. The lowest BCUT2D eigenvalue weighted by molar-refractivity contribution is 0.109. The molecule has 0 spiro atoms. The highest BCUT2D eigenvalue weighted by atomic mass is 16.3. The van der Waals surface area contributed by atoms with Crippen molar-refractivity contribution in [3.63, 3.8) is 0 Å². The molecule has 0 aromatic heterocycles. The first-order valence-corrected chi connectivity index (χ1v) is 3.77. The van der Waals surface area contributed by atoms with Gasteiger partial charge in [0.2, 0.25) is 0 Å². The summed E-state index contributed by atoms with van der Waals surface area (Å²) in [5.74, 6) is 0. The molecule has 62 valence electrons. The largest absolute Gasteiger partial charge is 0.396 e. The van der Waals surface area contributed by atoms with Gasteiger partial charge in [-0.1, -0.05) is 13.8 Å². The number of aliphatic hydroxyl groups is 2. The minimum Gasteiger partial charge on any atom is -0.396 e. The topological polar surface area (TPSA) is 40.5 Å². The van der Waals surface area contributed by atoms with Gasteiger partial charge in [0.15, 0.2) is 0 Å². The Hall–Kier alpha value is -0.0800. The molecule has 0 aromatic rings. The first-order chi connectivity index (χ1) is 4.48. The molecule has 1 unspecified atom stereocenters. The third-order valence-corrected chi connectivity index (χ3v) is 1.64. The number of rotatable bonds is 4. The van der Waals surface area contributed by atoms with Crippen molar-refractivity contribution < 1.29 is 10.2 Å². The van der Waals surface area contributed by atoms with Crippen LogP contribution in [-0.2, 0) is 0 Å². The molecule has 0 saturated heterocycles. The monoisotopic (exact) mass is 146 g/mol. The van der Waals surface area contributed by atoms with Crippen molar-refractivity contribution >= 4 is 0 Å². The zero-order valence-corrected chi connectivity index (χ0v) is 7.09. The van der Waals surface area contributed by atoms with Crippen molar-refractivity contribution in [1.82, 2.24) is 0 Å². The fourth-order valence-corrected chi connectivity index (χ4v) is 1.20. The molecular weight excluding hydrogens is 128 g/mol. The second kappa shape index (κ2) is 3.94. The summed E-state index contributed by atoms with van der Waals surface area (Å²) in [4.78, 5) is 0. The average molecular weight is 146 g/mol. The number of hydrogen-bond acceptors (Lipinski definition) is 2. The minimum atomic E-state index is -0.262. The van der Waals surface area contributed by atoms with Crippen molar-refractivity contribution in [2.24, 2.45) is 5.41 Å². The third kappa shape index (κ3) is 4.77. The molecule has 2 N–H and O–H groups in total. The van der Waals surface area contributed by atoms with E-state index in [1.807, 2.05) is 0 Å². The molecule has 0 bridgehead atoms. The van der Waals surface area contributed by atoms with E-state index in [1.54, 1.807) is 6.92 Å². The van der Waals surface area contributed by atoms with E-state index in [9.17, 15) is 0 Å². The van der Waals surface area contributed by atoms with Gasteiger partial charge in [0.1, 0.15) is 0 Å². The van der Waals surface area contributed by atoms with Gasteiger partial charge < -0.3 is 10.2 Å². The lowest BCUT2D eigenvalue weighted by Gasteiger charge is -2.24. The van der Waals surface area contributed by atoms with E-state index in [1.165, 1.54) is 0 Å². The highest BCUT2D eigenvalue weighted by Crippen LogP contribution is 2.25. The Balaban J connectivity index is 3.63. The maximum atomic E-state index is 9.03. The smallest absolute Gasteiger partial charge is 0.0517 e. The Bertz CT molecular complexity index is 87.3. The van der Waals surface area contributed by atoms with Crippen molar-refractivity contribution in [1.29, 1.82) is 0 Å². The quantitative estimate of drug-likeness (QED) is 0.625. The van der Waals surface area contributed by atoms with Crippen LogP contribution in [0.15, 0.2) is 0 Å². The fraction of sp³-hybridized carbons (Fsp3) is 1.00. The van der Waals surface area contributed by atoms with E-state index in [0.29, 0.717) is 0 Å². The van der Waals surface area contributed by atoms with Crippen LogP contribution in [0.25, 0.3) is 0 Å². The normalized spacial score (nSPS) is 15.3. The predicted octanol–water partition coefficient (Wildman–Crippen LogP) is 1.17. The molecule has 0 aliphatic heterocycles. The highest BCUT2D eigenvalue weighted by Gasteiger charge is 2.18. The van der Waals surface area contributed by atoms with Crippen LogP contribution in [0, 0.1) is 5.41 Å². The molecule has 2 heteroatoms. The van der Waals surface area contributed by atoms with Crippen LogP contribution < -0.4 is 0 Å². The first-order valence-electron chi connectivity index (χ1n) is 3.77. The standard InChI is InChI=1S/C8H18O2/c1-7(10)6-8(2,3)4-5-9/h7,9-10H,4-6H2,1-3H3. The van der Waals surface area contributed by atoms with Gasteiger partial charge in [0.25, 0.3) is 0 Å². The van der Waals surface area contributed by atoms with Crippen LogP contribution in [0.1, 0.15) is 33.6 Å². The van der Waals surface area contributed by atoms with Gasteiger partial charge in [-0.05, 0) is 25.2 Å². The summed E-state index contributed by atoms with van der Waals surface area (Å²) in [6, 6.07) is 0. The van der Waals surface area contributed by atoms with E-state index in [-0.39, 0.29) is 18.1 Å². The molecule has 0 aliphatic rings. The SMILES string of the molecule is CC(O)CC(C)(C)CCO. The van der Waals surface area contributed by atoms with Crippen molar-refractivity contribution in [3.05, 3.63) is 0 Å². The summed E-state index contributed by atoms with van der Waals surface area (Å²) in [5, 5.41) is 17.7. The summed E-state index contributed by atoms with van der Waals surface area (Å²) in [5.41, 5.74) is 0.0723. The summed E-state index contributed by atoms with van der Waals surface area (Å²) >= 11 is 0. The lowest BCUT2D eigenvalue weighted by Crippen LogP contribution is -2.19. The molecule has 0 aromatic carbocycles. The molecule has 10 heavy (non-hydrogen) atoms. The fourth-order valence-electron chi connectivity index (χ4n) is 1.20. The Labute approximate surface area is 62.9 Å². The van der Waals surface area contributed by atoms with Crippen LogP contribution in [0.3, 0.4) is 0 Å². The second-order valence-corrected chi connectivity index (χ2v) is 3.69. The van der Waals surface area contributed by atoms with Crippen molar-refractivity contribution in [3.8, 4) is 0 Å². The molecule has 2 nitrogen and oxygen atoms in total. The second-order valence-electron chi connectivity index (χ2n) is 3.69. The molecule has 0 amide bonds. The van der Waals surface area contributed by atoms with Crippen LogP contribution in [0.4, 0.5) is 0 Å². The van der Waals surface area contributed by atoms with Gasteiger partial charge in [-0.3, -0.25) is 0 Å². The van der Waals surface area contributed by atoms with Crippen LogP contribution in [-0.4, -0.2) is 22.9 Å². The molecule has 0 heterocycles. The lowest BCUT2D eigenvalue weighted by atomic mass is 9.84.